The number of imidazole rings is 1. The van der Waals surface area contributed by atoms with Crippen LogP contribution in [0.15, 0.2) is 42.7 Å². The van der Waals surface area contributed by atoms with Crippen LogP contribution in [0.4, 0.5) is 0 Å². The topological polar surface area (TPSA) is 70.5 Å². The molecule has 0 aliphatic carbocycles. The molecule has 3 heterocycles. The van der Waals surface area contributed by atoms with Gasteiger partial charge in [-0.05, 0) is 18.6 Å². The van der Waals surface area contributed by atoms with Gasteiger partial charge in [-0.25, -0.2) is 4.98 Å². The fourth-order valence-electron chi connectivity index (χ4n) is 4.59. The molecule has 7 heteroatoms. The van der Waals surface area contributed by atoms with Gasteiger partial charge in [-0.1, -0.05) is 32.0 Å². The molecule has 2 aromatic rings. The Labute approximate surface area is 178 Å². The summed E-state index contributed by atoms with van der Waals surface area (Å²) in [5.74, 6) is 1.48. The summed E-state index contributed by atoms with van der Waals surface area (Å²) in [5, 5.41) is 3.09. The van der Waals surface area contributed by atoms with Crippen LogP contribution < -0.4 is 5.32 Å². The second kappa shape index (κ2) is 9.00. The fraction of sp³-hybridized carbons (Fsp3) is 0.522. The van der Waals surface area contributed by atoms with Crippen molar-refractivity contribution in [2.45, 2.75) is 51.2 Å². The van der Waals surface area contributed by atoms with Crippen molar-refractivity contribution in [2.24, 2.45) is 0 Å². The van der Waals surface area contributed by atoms with E-state index in [-0.39, 0.29) is 23.9 Å². The molecule has 7 nitrogen and oxygen atoms in total. The minimum atomic E-state index is 0.0423. The molecule has 2 aliphatic heterocycles. The molecule has 2 aliphatic rings. The van der Waals surface area contributed by atoms with Crippen molar-refractivity contribution in [3.63, 3.8) is 0 Å². The van der Waals surface area contributed by atoms with Gasteiger partial charge < -0.3 is 14.8 Å². The van der Waals surface area contributed by atoms with E-state index in [1.165, 1.54) is 0 Å². The number of nitrogens with zero attached hydrogens (tertiary/aromatic N) is 4. The molecule has 2 bridgehead atoms. The smallest absolute Gasteiger partial charge is 0.254 e. The zero-order valence-electron chi connectivity index (χ0n) is 17.8. The minimum Gasteiger partial charge on any atom is -0.354 e. The molecule has 160 valence electrons. The number of benzene rings is 1. The van der Waals surface area contributed by atoms with Gasteiger partial charge in [0, 0.05) is 75.1 Å². The number of aromatic nitrogens is 2. The maximum atomic E-state index is 13.0. The summed E-state index contributed by atoms with van der Waals surface area (Å²) in [5.41, 5.74) is 0.738. The van der Waals surface area contributed by atoms with Crippen molar-refractivity contribution in [3.05, 3.63) is 54.1 Å². The van der Waals surface area contributed by atoms with Crippen molar-refractivity contribution < 1.29 is 9.59 Å². The molecular formula is C23H31N5O2. The van der Waals surface area contributed by atoms with Crippen LogP contribution in [0, 0.1) is 0 Å². The van der Waals surface area contributed by atoms with E-state index in [9.17, 15) is 9.59 Å². The average molecular weight is 410 g/mol. The molecule has 2 amide bonds. The molecule has 0 radical (unpaired) electrons. The van der Waals surface area contributed by atoms with Crippen molar-refractivity contribution >= 4 is 11.8 Å². The predicted octanol–water partition coefficient (Wildman–Crippen LogP) is 2.11. The summed E-state index contributed by atoms with van der Waals surface area (Å²) in [6.45, 7) is 7.96. The van der Waals surface area contributed by atoms with Crippen LogP contribution in [-0.4, -0.2) is 69.4 Å². The standard InChI is InChI=1S/C23H31N5O2/c1-17(2)22-24-10-13-26(22)12-9-21(29)25-14-20-16-28(19-8-11-27(20)15-19)23(30)18-6-4-3-5-7-18/h3-7,10,13,17,19-20H,8-9,11-12,14-16H2,1-2H3,(H,25,29)/t19-,20-/m0/s1. The van der Waals surface area contributed by atoms with Gasteiger partial charge in [-0.2, -0.15) is 0 Å². The Morgan fingerprint density at radius 1 is 1.20 bits per heavy atom. The van der Waals surface area contributed by atoms with Crippen LogP contribution >= 0.6 is 0 Å². The highest BCUT2D eigenvalue weighted by Crippen LogP contribution is 2.26. The molecular weight excluding hydrogens is 378 g/mol. The summed E-state index contributed by atoms with van der Waals surface area (Å²) >= 11 is 0. The van der Waals surface area contributed by atoms with E-state index in [0.29, 0.717) is 32.0 Å². The highest BCUT2D eigenvalue weighted by molar-refractivity contribution is 5.94. The first kappa shape index (κ1) is 20.6. The molecule has 1 aromatic carbocycles. The molecule has 2 saturated heterocycles. The molecule has 4 rings (SSSR count). The van der Waals surface area contributed by atoms with Gasteiger partial charge in [-0.3, -0.25) is 14.5 Å². The zero-order valence-corrected chi connectivity index (χ0v) is 17.8. The lowest BCUT2D eigenvalue weighted by molar-refractivity contribution is -0.121. The second-order valence-electron chi connectivity index (χ2n) is 8.60. The van der Waals surface area contributed by atoms with Crippen LogP contribution in [0.5, 0.6) is 0 Å². The van der Waals surface area contributed by atoms with E-state index in [2.05, 4.69) is 33.6 Å². The van der Waals surface area contributed by atoms with Crippen molar-refractivity contribution in [2.75, 3.05) is 26.2 Å². The number of piperazine rings is 1. The van der Waals surface area contributed by atoms with E-state index in [4.69, 9.17) is 0 Å². The Morgan fingerprint density at radius 2 is 2.00 bits per heavy atom. The Kier molecular flexibility index (Phi) is 6.18. The quantitative estimate of drug-likeness (QED) is 0.760. The third-order valence-corrected chi connectivity index (χ3v) is 6.22. The van der Waals surface area contributed by atoms with E-state index >= 15 is 0 Å². The van der Waals surface area contributed by atoms with Gasteiger partial charge in [0.25, 0.3) is 5.91 Å². The molecule has 1 N–H and O–H groups in total. The summed E-state index contributed by atoms with van der Waals surface area (Å²) < 4.78 is 2.05. The summed E-state index contributed by atoms with van der Waals surface area (Å²) in [7, 11) is 0. The molecule has 2 fully saturated rings. The van der Waals surface area contributed by atoms with E-state index in [1.54, 1.807) is 6.20 Å². The van der Waals surface area contributed by atoms with Crippen LogP contribution in [0.25, 0.3) is 0 Å². The lowest BCUT2D eigenvalue weighted by Gasteiger charge is -2.40. The number of carbonyl (C=O) groups excluding carboxylic acids is 2. The first-order valence-electron chi connectivity index (χ1n) is 10.9. The number of hydrogen-bond donors (Lipinski definition) is 1. The monoisotopic (exact) mass is 409 g/mol. The summed E-state index contributed by atoms with van der Waals surface area (Å²) in [6.07, 6.45) is 5.15. The molecule has 30 heavy (non-hydrogen) atoms. The Balaban J connectivity index is 1.31. The van der Waals surface area contributed by atoms with Gasteiger partial charge in [0.15, 0.2) is 0 Å². The van der Waals surface area contributed by atoms with E-state index in [1.807, 2.05) is 41.4 Å². The Morgan fingerprint density at radius 3 is 2.77 bits per heavy atom. The third-order valence-electron chi connectivity index (χ3n) is 6.22. The number of nitrogens with one attached hydrogen (secondary N) is 1. The van der Waals surface area contributed by atoms with E-state index < -0.39 is 0 Å². The van der Waals surface area contributed by atoms with Crippen LogP contribution in [0.2, 0.25) is 0 Å². The lowest BCUT2D eigenvalue weighted by Crippen LogP contribution is -2.57. The van der Waals surface area contributed by atoms with E-state index in [0.717, 1.165) is 30.9 Å². The van der Waals surface area contributed by atoms with Crippen LogP contribution in [-0.2, 0) is 11.3 Å². The lowest BCUT2D eigenvalue weighted by atomic mass is 10.1. The first-order chi connectivity index (χ1) is 14.5. The number of amides is 2. The Hall–Kier alpha value is -2.67. The van der Waals surface area contributed by atoms with Crippen LogP contribution in [0.1, 0.15) is 48.8 Å². The number of aryl methyl sites for hydroxylation is 1. The van der Waals surface area contributed by atoms with Crippen LogP contribution in [0.3, 0.4) is 0 Å². The molecule has 0 spiro atoms. The van der Waals surface area contributed by atoms with Gasteiger partial charge in [0.1, 0.15) is 5.82 Å². The number of carbonyl (C=O) groups is 2. The fourth-order valence-corrected chi connectivity index (χ4v) is 4.59. The van der Waals surface area contributed by atoms with Crippen molar-refractivity contribution in [3.8, 4) is 0 Å². The zero-order chi connectivity index (χ0) is 21.1. The van der Waals surface area contributed by atoms with Gasteiger partial charge in [0.05, 0.1) is 0 Å². The van der Waals surface area contributed by atoms with Gasteiger partial charge in [0.2, 0.25) is 5.91 Å². The largest absolute Gasteiger partial charge is 0.354 e. The molecule has 1 aromatic heterocycles. The highest BCUT2D eigenvalue weighted by atomic mass is 16.2. The average Bonchev–Trinajstić information content (AvgIpc) is 3.40. The Bertz CT molecular complexity index is 879. The number of hydrogen-bond acceptors (Lipinski definition) is 4. The normalized spacial score (nSPS) is 23.0. The summed E-state index contributed by atoms with van der Waals surface area (Å²) in [6, 6.07) is 9.93. The highest BCUT2D eigenvalue weighted by Gasteiger charge is 2.40. The number of fused-ring (bicyclic) bond motifs is 2. The number of rotatable bonds is 7. The SMILES string of the molecule is CC(C)c1nccn1CCC(=O)NC[C@H]1CN(C(=O)c2ccccc2)[C@H]2CCN1C2. The maximum absolute atomic E-state index is 13.0. The first-order valence-corrected chi connectivity index (χ1v) is 10.9. The maximum Gasteiger partial charge on any atom is 0.254 e. The second-order valence-corrected chi connectivity index (χ2v) is 8.60. The molecule has 0 saturated carbocycles. The third kappa shape index (κ3) is 4.41. The van der Waals surface area contributed by atoms with Crippen molar-refractivity contribution in [1.82, 2.24) is 24.7 Å². The minimum absolute atomic E-state index is 0.0423. The molecule has 1 unspecified atom stereocenters. The van der Waals surface area contributed by atoms with Crippen molar-refractivity contribution in [1.29, 1.82) is 0 Å². The van der Waals surface area contributed by atoms with Gasteiger partial charge >= 0.3 is 0 Å². The molecule has 3 atom stereocenters. The van der Waals surface area contributed by atoms with Gasteiger partial charge in [-0.15, -0.1) is 0 Å². The predicted molar refractivity (Wildman–Crippen MR) is 115 cm³/mol. The summed E-state index contributed by atoms with van der Waals surface area (Å²) in [4.78, 5) is 34.3.